The standard InChI is InChI=1S/C17H15N3O7/c1-25-12-7-6-10(8-11(12)20(23)24)16(21)18-19-17(22)15-9-26-13-4-2-3-5-14(13)27-15/h2-8,15H,9H2,1H3,(H,18,21)(H,19,22)/t15-/m0/s1. The number of nitro benzene ring substituents is 1. The highest BCUT2D eigenvalue weighted by Gasteiger charge is 2.27. The van der Waals surface area contributed by atoms with Crippen molar-refractivity contribution in [3.63, 3.8) is 0 Å². The number of hydrogen-bond donors (Lipinski definition) is 2. The Morgan fingerprint density at radius 3 is 2.63 bits per heavy atom. The number of fused-ring (bicyclic) bond motifs is 1. The molecule has 10 nitrogen and oxygen atoms in total. The molecule has 1 atom stereocenters. The van der Waals surface area contributed by atoms with Gasteiger partial charge in [0.25, 0.3) is 11.8 Å². The highest BCUT2D eigenvalue weighted by atomic mass is 16.6. The number of carbonyl (C=O) groups is 2. The summed E-state index contributed by atoms with van der Waals surface area (Å²) in [5.74, 6) is -0.392. The monoisotopic (exact) mass is 373 g/mol. The van der Waals surface area contributed by atoms with Gasteiger partial charge in [0, 0.05) is 11.6 Å². The SMILES string of the molecule is COc1ccc(C(=O)NNC(=O)[C@@H]2COc3ccccc3O2)cc1[N+](=O)[O-]. The Kier molecular flexibility index (Phi) is 5.06. The molecule has 0 aliphatic carbocycles. The summed E-state index contributed by atoms with van der Waals surface area (Å²) in [7, 11) is 1.28. The molecule has 27 heavy (non-hydrogen) atoms. The Morgan fingerprint density at radius 1 is 1.19 bits per heavy atom. The summed E-state index contributed by atoms with van der Waals surface area (Å²) in [6, 6.07) is 10.6. The van der Waals surface area contributed by atoms with Gasteiger partial charge in [-0.05, 0) is 24.3 Å². The third-order valence-corrected chi connectivity index (χ3v) is 3.74. The second kappa shape index (κ2) is 7.60. The molecule has 140 valence electrons. The Bertz CT molecular complexity index is 900. The Labute approximate surface area is 153 Å². The van der Waals surface area contributed by atoms with Crippen LogP contribution in [0.1, 0.15) is 10.4 Å². The van der Waals surface area contributed by atoms with E-state index in [0.29, 0.717) is 11.5 Å². The van der Waals surface area contributed by atoms with Gasteiger partial charge in [-0.1, -0.05) is 12.1 Å². The zero-order chi connectivity index (χ0) is 19.4. The third-order valence-electron chi connectivity index (χ3n) is 3.74. The fraction of sp³-hybridized carbons (Fsp3) is 0.176. The minimum absolute atomic E-state index is 0.0195. The zero-order valence-corrected chi connectivity index (χ0v) is 14.1. The van der Waals surface area contributed by atoms with Crippen LogP contribution in [-0.4, -0.2) is 36.6 Å². The van der Waals surface area contributed by atoms with Gasteiger partial charge in [0.2, 0.25) is 6.10 Å². The summed E-state index contributed by atoms with van der Waals surface area (Å²) >= 11 is 0. The highest BCUT2D eigenvalue weighted by molar-refractivity contribution is 5.96. The van der Waals surface area contributed by atoms with Gasteiger partial charge >= 0.3 is 5.69 Å². The van der Waals surface area contributed by atoms with Crippen LogP contribution in [0.4, 0.5) is 5.69 Å². The lowest BCUT2D eigenvalue weighted by molar-refractivity contribution is -0.385. The number of nitro groups is 1. The van der Waals surface area contributed by atoms with Gasteiger partial charge in [0.15, 0.2) is 17.2 Å². The summed E-state index contributed by atoms with van der Waals surface area (Å²) in [4.78, 5) is 34.7. The fourth-order valence-electron chi connectivity index (χ4n) is 2.39. The topological polar surface area (TPSA) is 129 Å². The molecule has 3 rings (SSSR count). The molecule has 10 heteroatoms. The summed E-state index contributed by atoms with van der Waals surface area (Å²) in [6.45, 7) is -0.0211. The number of ether oxygens (including phenoxy) is 3. The molecule has 1 aliphatic heterocycles. The van der Waals surface area contributed by atoms with E-state index < -0.39 is 22.8 Å². The molecule has 2 amide bonds. The van der Waals surface area contributed by atoms with E-state index in [9.17, 15) is 19.7 Å². The number of rotatable bonds is 4. The van der Waals surface area contributed by atoms with E-state index in [4.69, 9.17) is 14.2 Å². The number of nitrogens with one attached hydrogen (secondary N) is 2. The van der Waals surface area contributed by atoms with Crippen molar-refractivity contribution in [2.45, 2.75) is 6.10 Å². The van der Waals surface area contributed by atoms with Crippen LogP contribution < -0.4 is 25.1 Å². The smallest absolute Gasteiger partial charge is 0.311 e. The van der Waals surface area contributed by atoms with Gasteiger partial charge < -0.3 is 14.2 Å². The van der Waals surface area contributed by atoms with Crippen molar-refractivity contribution in [3.8, 4) is 17.2 Å². The van der Waals surface area contributed by atoms with E-state index >= 15 is 0 Å². The molecule has 0 unspecified atom stereocenters. The largest absolute Gasteiger partial charge is 0.490 e. The second-order valence-corrected chi connectivity index (χ2v) is 5.45. The summed E-state index contributed by atoms with van der Waals surface area (Å²) in [5.41, 5.74) is 4.02. The first-order chi connectivity index (χ1) is 13.0. The number of methoxy groups -OCH3 is 1. The number of benzene rings is 2. The molecule has 0 aromatic heterocycles. The minimum atomic E-state index is -0.953. The maximum Gasteiger partial charge on any atom is 0.311 e. The van der Waals surface area contributed by atoms with E-state index in [0.717, 1.165) is 6.07 Å². The Morgan fingerprint density at radius 2 is 1.93 bits per heavy atom. The van der Waals surface area contributed by atoms with Gasteiger partial charge in [0.05, 0.1) is 12.0 Å². The molecular weight excluding hydrogens is 358 g/mol. The van der Waals surface area contributed by atoms with Crippen LogP contribution in [0.5, 0.6) is 17.2 Å². The lowest BCUT2D eigenvalue weighted by Gasteiger charge is -2.25. The average Bonchev–Trinajstić information content (AvgIpc) is 2.70. The van der Waals surface area contributed by atoms with E-state index in [2.05, 4.69) is 10.9 Å². The normalized spacial score (nSPS) is 14.8. The summed E-state index contributed by atoms with van der Waals surface area (Å²) in [6.07, 6.45) is -0.953. The van der Waals surface area contributed by atoms with Crippen LogP contribution in [0.25, 0.3) is 0 Å². The molecule has 0 radical (unpaired) electrons. The van der Waals surface area contributed by atoms with Crippen LogP contribution in [0.15, 0.2) is 42.5 Å². The van der Waals surface area contributed by atoms with Crippen molar-refractivity contribution in [2.24, 2.45) is 0 Å². The quantitative estimate of drug-likeness (QED) is 0.608. The van der Waals surface area contributed by atoms with Gasteiger partial charge in [-0.25, -0.2) is 0 Å². The lowest BCUT2D eigenvalue weighted by Crippen LogP contribution is -2.50. The second-order valence-electron chi connectivity index (χ2n) is 5.45. The van der Waals surface area contributed by atoms with Crippen LogP contribution in [0.2, 0.25) is 0 Å². The Hall–Kier alpha value is -3.82. The van der Waals surface area contributed by atoms with Crippen molar-refractivity contribution in [2.75, 3.05) is 13.7 Å². The first-order valence-electron chi connectivity index (χ1n) is 7.80. The molecule has 2 aromatic carbocycles. The molecule has 2 aromatic rings. The molecule has 0 saturated heterocycles. The molecular formula is C17H15N3O7. The van der Waals surface area contributed by atoms with Crippen molar-refractivity contribution in [1.29, 1.82) is 0 Å². The van der Waals surface area contributed by atoms with Crippen LogP contribution in [-0.2, 0) is 4.79 Å². The van der Waals surface area contributed by atoms with Gasteiger partial charge in [0.1, 0.15) is 6.61 Å². The number of para-hydroxylation sites is 2. The van der Waals surface area contributed by atoms with Crippen molar-refractivity contribution in [3.05, 3.63) is 58.1 Å². The predicted octanol–water partition coefficient (Wildman–Crippen LogP) is 1.20. The van der Waals surface area contributed by atoms with Crippen LogP contribution in [0.3, 0.4) is 0 Å². The minimum Gasteiger partial charge on any atom is -0.490 e. The van der Waals surface area contributed by atoms with Crippen molar-refractivity contribution >= 4 is 17.5 Å². The zero-order valence-electron chi connectivity index (χ0n) is 14.1. The first kappa shape index (κ1) is 18.0. The van der Waals surface area contributed by atoms with Gasteiger partial charge in [-0.2, -0.15) is 0 Å². The number of amides is 2. The Balaban J connectivity index is 1.62. The number of hydrazine groups is 1. The number of carbonyl (C=O) groups excluding carboxylic acids is 2. The molecule has 0 fully saturated rings. The highest BCUT2D eigenvalue weighted by Crippen LogP contribution is 2.31. The van der Waals surface area contributed by atoms with Crippen molar-refractivity contribution < 1.29 is 28.7 Å². The average molecular weight is 373 g/mol. The maximum atomic E-state index is 12.2. The van der Waals surface area contributed by atoms with Crippen molar-refractivity contribution in [1.82, 2.24) is 10.9 Å². The van der Waals surface area contributed by atoms with Gasteiger partial charge in [-0.3, -0.25) is 30.6 Å². The van der Waals surface area contributed by atoms with Crippen LogP contribution in [0, 0.1) is 10.1 Å². The van der Waals surface area contributed by atoms with Gasteiger partial charge in [-0.15, -0.1) is 0 Å². The summed E-state index contributed by atoms with van der Waals surface area (Å²) in [5, 5.41) is 11.0. The number of nitrogens with zero attached hydrogens (tertiary/aromatic N) is 1. The molecule has 0 bridgehead atoms. The molecule has 1 heterocycles. The maximum absolute atomic E-state index is 12.2. The lowest BCUT2D eigenvalue weighted by atomic mass is 10.2. The number of hydrogen-bond acceptors (Lipinski definition) is 7. The van der Waals surface area contributed by atoms with E-state index in [1.54, 1.807) is 24.3 Å². The first-order valence-corrected chi connectivity index (χ1v) is 7.80. The third kappa shape index (κ3) is 3.89. The molecule has 1 aliphatic rings. The van der Waals surface area contributed by atoms with E-state index in [1.807, 2.05) is 0 Å². The van der Waals surface area contributed by atoms with Crippen LogP contribution >= 0.6 is 0 Å². The summed E-state index contributed by atoms with van der Waals surface area (Å²) < 4.78 is 15.8. The predicted molar refractivity (Wildman–Crippen MR) is 91.6 cm³/mol. The van der Waals surface area contributed by atoms with E-state index in [1.165, 1.54) is 19.2 Å². The fourth-order valence-corrected chi connectivity index (χ4v) is 2.39. The molecule has 0 saturated carbocycles. The molecule has 0 spiro atoms. The van der Waals surface area contributed by atoms with E-state index in [-0.39, 0.29) is 23.6 Å². The molecule has 2 N–H and O–H groups in total.